The summed E-state index contributed by atoms with van der Waals surface area (Å²) in [6.45, 7) is 4.23. The lowest BCUT2D eigenvalue weighted by molar-refractivity contribution is -0.140. The first-order chi connectivity index (χ1) is 17.5. The van der Waals surface area contributed by atoms with Crippen molar-refractivity contribution in [3.63, 3.8) is 0 Å². The number of carbonyl (C=O) groups excluding carboxylic acids is 1. The molecule has 36 heavy (non-hydrogen) atoms. The van der Waals surface area contributed by atoms with E-state index in [1.54, 1.807) is 12.1 Å². The highest BCUT2D eigenvalue weighted by atomic mass is 19.1. The minimum Gasteiger partial charge on any atom is -0.426 e. The van der Waals surface area contributed by atoms with Crippen molar-refractivity contribution in [2.24, 2.45) is 5.92 Å². The van der Waals surface area contributed by atoms with E-state index in [0.29, 0.717) is 29.6 Å². The Morgan fingerprint density at radius 2 is 1.72 bits per heavy atom. The van der Waals surface area contributed by atoms with Crippen LogP contribution in [0.5, 0.6) is 5.75 Å². The molecule has 1 aliphatic rings. The number of esters is 1. The molecule has 0 radical (unpaired) electrons. The van der Waals surface area contributed by atoms with Gasteiger partial charge in [-0.25, -0.2) is 4.39 Å². The van der Waals surface area contributed by atoms with Crippen molar-refractivity contribution >= 4 is 5.97 Å². The molecule has 0 saturated heterocycles. The van der Waals surface area contributed by atoms with Gasteiger partial charge < -0.3 is 4.74 Å². The normalized spacial score (nSPS) is 18.8. The van der Waals surface area contributed by atoms with E-state index in [-0.39, 0.29) is 17.7 Å². The molecule has 3 heteroatoms. The highest BCUT2D eigenvalue weighted by Crippen LogP contribution is 2.37. The number of rotatable bonds is 9. The van der Waals surface area contributed by atoms with Crippen LogP contribution in [0.15, 0.2) is 84.9 Å². The van der Waals surface area contributed by atoms with Crippen molar-refractivity contribution in [3.8, 4) is 5.75 Å². The molecule has 1 aliphatic carbocycles. The number of aryl methyl sites for hydroxylation is 1. The molecule has 0 amide bonds. The second kappa shape index (κ2) is 12.7. The van der Waals surface area contributed by atoms with Crippen molar-refractivity contribution in [2.75, 3.05) is 0 Å². The maximum Gasteiger partial charge on any atom is 0.314 e. The van der Waals surface area contributed by atoms with E-state index in [1.165, 1.54) is 22.8 Å². The molecule has 188 valence electrons. The molecule has 0 aromatic heterocycles. The lowest BCUT2D eigenvalue weighted by Gasteiger charge is -2.27. The number of benzene rings is 3. The Hall–Kier alpha value is -3.20. The van der Waals surface area contributed by atoms with Gasteiger partial charge in [0.2, 0.25) is 0 Å². The van der Waals surface area contributed by atoms with Crippen molar-refractivity contribution in [1.29, 1.82) is 0 Å². The zero-order chi connectivity index (χ0) is 25.3. The summed E-state index contributed by atoms with van der Waals surface area (Å²) in [6, 6.07) is 24.5. The molecular weight excluding hydrogens is 447 g/mol. The predicted molar refractivity (Wildman–Crippen MR) is 145 cm³/mol. The van der Waals surface area contributed by atoms with Crippen molar-refractivity contribution in [1.82, 2.24) is 0 Å². The molecule has 3 aromatic rings. The number of hydrogen-bond acceptors (Lipinski definition) is 2. The van der Waals surface area contributed by atoms with Crippen LogP contribution in [0.4, 0.5) is 4.39 Å². The summed E-state index contributed by atoms with van der Waals surface area (Å²) in [6.07, 6.45) is 10.00. The van der Waals surface area contributed by atoms with Crippen LogP contribution < -0.4 is 4.74 Å². The van der Waals surface area contributed by atoms with Gasteiger partial charge in [-0.2, -0.15) is 0 Å². The van der Waals surface area contributed by atoms with E-state index >= 15 is 0 Å². The zero-order valence-corrected chi connectivity index (χ0v) is 21.5. The third-order valence-corrected chi connectivity index (χ3v) is 7.48. The van der Waals surface area contributed by atoms with Crippen molar-refractivity contribution < 1.29 is 13.9 Å². The molecule has 0 N–H and O–H groups in total. The molecular formula is C33H37FO2. The SMILES string of the molecule is C/C=C/CCc1ccc(OC(=O)C2CCC(c3ccc(C[C@H](C)c4ccccc4)cc3)CC2)cc1F. The van der Waals surface area contributed by atoms with E-state index in [1.807, 2.05) is 19.1 Å². The van der Waals surface area contributed by atoms with Crippen LogP contribution in [-0.4, -0.2) is 5.97 Å². The van der Waals surface area contributed by atoms with Crippen LogP contribution >= 0.6 is 0 Å². The van der Waals surface area contributed by atoms with Crippen LogP contribution in [-0.2, 0) is 17.6 Å². The van der Waals surface area contributed by atoms with Gasteiger partial charge >= 0.3 is 5.97 Å². The van der Waals surface area contributed by atoms with E-state index in [2.05, 4.69) is 61.5 Å². The second-order valence-corrected chi connectivity index (χ2v) is 10.1. The number of allylic oxidation sites excluding steroid dienone is 2. The van der Waals surface area contributed by atoms with Crippen molar-refractivity contribution in [3.05, 3.63) is 113 Å². The minimum absolute atomic E-state index is 0.121. The van der Waals surface area contributed by atoms with Gasteiger partial charge in [0.1, 0.15) is 11.6 Å². The Morgan fingerprint density at radius 1 is 1.00 bits per heavy atom. The first-order valence-electron chi connectivity index (χ1n) is 13.3. The Labute approximate surface area is 215 Å². The van der Waals surface area contributed by atoms with Crippen LogP contribution in [0.2, 0.25) is 0 Å². The van der Waals surface area contributed by atoms with E-state index in [9.17, 15) is 9.18 Å². The molecule has 0 bridgehead atoms. The average Bonchev–Trinajstić information content (AvgIpc) is 2.91. The summed E-state index contributed by atoms with van der Waals surface area (Å²) >= 11 is 0. The Bertz CT molecular complexity index is 1140. The molecule has 0 heterocycles. The molecule has 2 nitrogen and oxygen atoms in total. The molecule has 1 fully saturated rings. The summed E-state index contributed by atoms with van der Waals surface area (Å²) in [7, 11) is 0. The van der Waals surface area contributed by atoms with Crippen LogP contribution in [0.3, 0.4) is 0 Å². The number of halogens is 1. The molecule has 1 saturated carbocycles. The maximum atomic E-state index is 14.4. The summed E-state index contributed by atoms with van der Waals surface area (Å²) in [4.78, 5) is 12.7. The monoisotopic (exact) mass is 484 g/mol. The van der Waals surface area contributed by atoms with Crippen LogP contribution in [0.1, 0.15) is 80.0 Å². The average molecular weight is 485 g/mol. The van der Waals surface area contributed by atoms with Gasteiger partial charge in [0.25, 0.3) is 0 Å². The van der Waals surface area contributed by atoms with Gasteiger partial charge in [0, 0.05) is 6.07 Å². The number of carbonyl (C=O) groups is 1. The third-order valence-electron chi connectivity index (χ3n) is 7.48. The van der Waals surface area contributed by atoms with E-state index in [0.717, 1.165) is 38.5 Å². The fourth-order valence-corrected chi connectivity index (χ4v) is 5.24. The first kappa shape index (κ1) is 25.9. The topological polar surface area (TPSA) is 26.3 Å². The maximum absolute atomic E-state index is 14.4. The second-order valence-electron chi connectivity index (χ2n) is 10.1. The lowest BCUT2D eigenvalue weighted by Crippen LogP contribution is -2.25. The lowest BCUT2D eigenvalue weighted by atomic mass is 9.78. The van der Waals surface area contributed by atoms with E-state index < -0.39 is 0 Å². The van der Waals surface area contributed by atoms with Gasteiger partial charge in [0.15, 0.2) is 0 Å². The molecule has 0 unspecified atom stereocenters. The van der Waals surface area contributed by atoms with Gasteiger partial charge in [-0.1, -0.05) is 79.7 Å². The largest absolute Gasteiger partial charge is 0.426 e. The Kier molecular flexibility index (Phi) is 9.11. The summed E-state index contributed by atoms with van der Waals surface area (Å²) < 4.78 is 19.9. The van der Waals surface area contributed by atoms with Crippen LogP contribution in [0.25, 0.3) is 0 Å². The van der Waals surface area contributed by atoms with Crippen LogP contribution in [0, 0.1) is 11.7 Å². The highest BCUT2D eigenvalue weighted by molar-refractivity contribution is 5.75. The van der Waals surface area contributed by atoms with Gasteiger partial charge in [-0.3, -0.25) is 4.79 Å². The molecule has 0 spiro atoms. The summed E-state index contributed by atoms with van der Waals surface area (Å²) in [5.41, 5.74) is 4.73. The number of ether oxygens (including phenoxy) is 1. The van der Waals surface area contributed by atoms with Gasteiger partial charge in [-0.15, -0.1) is 0 Å². The molecule has 0 aliphatic heterocycles. The Balaban J connectivity index is 1.26. The predicted octanol–water partition coefficient (Wildman–Crippen LogP) is 8.56. The fraction of sp³-hybridized carbons (Fsp3) is 0.364. The standard InChI is InChI=1S/C33H37FO2/c1-3-4-6-11-29-20-21-31(23-32(29)34)36-33(35)30-18-16-28(17-19-30)27-14-12-25(13-15-27)22-24(2)26-9-7-5-8-10-26/h3-5,7-10,12-15,20-21,23-24,28,30H,6,11,16-19,22H2,1-2H3/b4-3+/t24-,28?,30?/m0/s1. The Morgan fingerprint density at radius 3 is 2.39 bits per heavy atom. The highest BCUT2D eigenvalue weighted by Gasteiger charge is 2.28. The van der Waals surface area contributed by atoms with Gasteiger partial charge in [-0.05, 0) is 92.0 Å². The molecule has 3 aromatic carbocycles. The third kappa shape index (κ3) is 6.94. The zero-order valence-electron chi connectivity index (χ0n) is 21.5. The molecule has 4 rings (SSSR count). The quantitative estimate of drug-likeness (QED) is 0.173. The van der Waals surface area contributed by atoms with Gasteiger partial charge in [0.05, 0.1) is 5.92 Å². The van der Waals surface area contributed by atoms with Crippen molar-refractivity contribution in [2.45, 2.75) is 70.6 Å². The number of hydrogen-bond donors (Lipinski definition) is 0. The van der Waals surface area contributed by atoms with E-state index in [4.69, 9.17) is 4.74 Å². The first-order valence-corrected chi connectivity index (χ1v) is 13.3. The fourth-order valence-electron chi connectivity index (χ4n) is 5.24. The smallest absolute Gasteiger partial charge is 0.314 e. The molecule has 1 atom stereocenters. The summed E-state index contributed by atoms with van der Waals surface area (Å²) in [5, 5.41) is 0. The minimum atomic E-state index is -0.310. The summed E-state index contributed by atoms with van der Waals surface area (Å²) in [5.74, 6) is 0.597.